The predicted octanol–water partition coefficient (Wildman–Crippen LogP) is 18.6. The van der Waals surface area contributed by atoms with Crippen LogP contribution in [0.4, 0.5) is 0 Å². The van der Waals surface area contributed by atoms with Gasteiger partial charge in [-0.15, -0.1) is 0 Å². The maximum Gasteiger partial charge on any atom is 0.146 e. The molecule has 6 heterocycles. The molecule has 0 amide bonds. The molecule has 0 unspecified atom stereocenters. The van der Waals surface area contributed by atoms with Crippen molar-refractivity contribution in [2.45, 2.75) is 10.8 Å². The van der Waals surface area contributed by atoms with Crippen LogP contribution < -0.4 is 9.47 Å². The summed E-state index contributed by atoms with van der Waals surface area (Å²) in [5, 5.41) is 4.06. The van der Waals surface area contributed by atoms with Gasteiger partial charge in [-0.05, 0) is 95.1 Å². The fourth-order valence-corrected chi connectivity index (χ4v) is 13.1. The maximum absolute atomic E-state index is 7.99. The SMILES string of the molecule is c1ccc(-c2cc(-c3cc4c(o3)C3(c5ccccc5Oc5ccccc53)c3cc(-c5cc(-c6ccccc6)cc6c5oc5ccccc56)oc3C43c4ccccc4Oc4ccccc43)c3oc4ccccc4c3c2)cc1. The Morgan fingerprint density at radius 3 is 0.987 bits per heavy atom. The van der Waals surface area contributed by atoms with Crippen LogP contribution in [-0.4, -0.2) is 0 Å². The zero-order chi connectivity index (χ0) is 49.7. The van der Waals surface area contributed by atoms with Crippen molar-refractivity contribution in [2.24, 2.45) is 0 Å². The van der Waals surface area contributed by atoms with Gasteiger partial charge in [0.05, 0.1) is 11.1 Å². The Morgan fingerprint density at radius 2 is 0.592 bits per heavy atom. The largest absolute Gasteiger partial charge is 0.459 e. The number of ether oxygens (including phenoxy) is 2. The molecule has 10 aromatic carbocycles. The van der Waals surface area contributed by atoms with E-state index in [0.29, 0.717) is 11.5 Å². The Bertz CT molecular complexity index is 4280. The summed E-state index contributed by atoms with van der Waals surface area (Å²) in [7, 11) is 0. The maximum atomic E-state index is 7.99. The first-order valence-electron chi connectivity index (χ1n) is 25.7. The first-order chi connectivity index (χ1) is 37.6. The van der Waals surface area contributed by atoms with Crippen molar-refractivity contribution in [2.75, 3.05) is 0 Å². The summed E-state index contributed by atoms with van der Waals surface area (Å²) in [6.45, 7) is 0. The van der Waals surface area contributed by atoms with Crippen LogP contribution in [0.2, 0.25) is 0 Å². The molecule has 0 radical (unpaired) electrons. The van der Waals surface area contributed by atoms with Gasteiger partial charge >= 0.3 is 0 Å². The van der Waals surface area contributed by atoms with Gasteiger partial charge < -0.3 is 27.1 Å². The normalized spacial score (nSPS) is 14.2. The first kappa shape index (κ1) is 41.4. The molecule has 2 aliphatic heterocycles. The van der Waals surface area contributed by atoms with Crippen molar-refractivity contribution < 1.29 is 27.1 Å². The van der Waals surface area contributed by atoms with Crippen LogP contribution >= 0.6 is 0 Å². The summed E-state index contributed by atoms with van der Waals surface area (Å²) in [5.74, 6) is 5.66. The van der Waals surface area contributed by atoms with Crippen LogP contribution in [0.5, 0.6) is 23.0 Å². The zero-order valence-electron chi connectivity index (χ0n) is 40.5. The van der Waals surface area contributed by atoms with Crippen LogP contribution in [0, 0.1) is 0 Å². The van der Waals surface area contributed by atoms with Crippen LogP contribution in [0.25, 0.3) is 88.8 Å². The Hall–Kier alpha value is -10.0. The summed E-state index contributed by atoms with van der Waals surface area (Å²) in [6, 6.07) is 84.4. The van der Waals surface area contributed by atoms with E-state index in [1.165, 1.54) is 0 Å². The highest BCUT2D eigenvalue weighted by Gasteiger charge is 2.63. The Balaban J connectivity index is 1.06. The summed E-state index contributed by atoms with van der Waals surface area (Å²) >= 11 is 0. The summed E-state index contributed by atoms with van der Waals surface area (Å²) in [5.41, 5.74) is 12.2. The molecule has 0 fully saturated rings. The lowest BCUT2D eigenvalue weighted by molar-refractivity contribution is 0.353. The third kappa shape index (κ3) is 5.44. The molecule has 1 aliphatic carbocycles. The van der Waals surface area contributed by atoms with Crippen LogP contribution in [0.15, 0.2) is 260 Å². The number of hydrogen-bond acceptors (Lipinski definition) is 6. The van der Waals surface area contributed by atoms with Gasteiger partial charge in [-0.1, -0.05) is 170 Å². The molecule has 76 heavy (non-hydrogen) atoms. The van der Waals surface area contributed by atoms with Crippen molar-refractivity contribution in [1.82, 2.24) is 0 Å². The first-order valence-corrected chi connectivity index (χ1v) is 25.7. The van der Waals surface area contributed by atoms with Crippen LogP contribution in [0.3, 0.4) is 0 Å². The van der Waals surface area contributed by atoms with E-state index in [2.05, 4.69) is 194 Å². The van der Waals surface area contributed by atoms with Crippen LogP contribution in [0.1, 0.15) is 44.9 Å². The fraction of sp³-hybridized carbons (Fsp3) is 0.0286. The second kappa shape index (κ2) is 15.3. The van der Waals surface area contributed by atoms with Crippen molar-refractivity contribution in [3.63, 3.8) is 0 Å². The summed E-state index contributed by atoms with van der Waals surface area (Å²) < 4.78 is 43.8. The average molecular weight is 977 g/mol. The minimum atomic E-state index is -1.14. The Kier molecular flexibility index (Phi) is 8.32. The fourth-order valence-electron chi connectivity index (χ4n) is 13.1. The molecule has 17 rings (SSSR count). The highest BCUT2D eigenvalue weighted by Crippen LogP contribution is 2.69. The molecule has 0 atom stereocenters. The summed E-state index contributed by atoms with van der Waals surface area (Å²) in [4.78, 5) is 0. The van der Waals surface area contributed by atoms with Gasteiger partial charge in [0.25, 0.3) is 0 Å². The number of furan rings is 4. The van der Waals surface area contributed by atoms with E-state index < -0.39 is 10.8 Å². The van der Waals surface area contributed by atoms with Gasteiger partial charge in [-0.25, -0.2) is 0 Å². The lowest BCUT2D eigenvalue weighted by Crippen LogP contribution is -2.46. The quantitative estimate of drug-likeness (QED) is 0.175. The number of para-hydroxylation sites is 6. The van der Waals surface area contributed by atoms with Crippen molar-refractivity contribution in [1.29, 1.82) is 0 Å². The number of hydrogen-bond donors (Lipinski definition) is 0. The standard InChI is InChI=1S/C70H40O6/c1-3-19-41(20-4-1)43-35-47-45-23-7-13-29-57(45)73-65(47)49(37-43)63-39-55-67(75-63)70(53-27-11-17-33-61(53)72-62-34-18-12-28-54(62)70)56-40-64(76-68(56)69(55)51-25-9-15-31-59(51)71-60-32-16-10-26-52(60)69)50-38-44(42-21-5-2-6-22-42)36-48-46-24-8-14-30-58(46)74-66(48)50/h1-40H. The van der Waals surface area contributed by atoms with E-state index in [-0.39, 0.29) is 0 Å². The lowest BCUT2D eigenvalue weighted by Gasteiger charge is -2.48. The molecule has 0 saturated heterocycles. The van der Waals surface area contributed by atoms with Gasteiger partial charge in [0.1, 0.15) is 79.2 Å². The molecule has 0 bridgehead atoms. The highest BCUT2D eigenvalue weighted by atomic mass is 16.5. The van der Waals surface area contributed by atoms with Crippen LogP contribution in [-0.2, 0) is 10.8 Å². The van der Waals surface area contributed by atoms with Crippen molar-refractivity contribution in [3.05, 3.63) is 288 Å². The second-order valence-electron chi connectivity index (χ2n) is 20.1. The van der Waals surface area contributed by atoms with E-state index in [1.807, 2.05) is 48.5 Å². The zero-order valence-corrected chi connectivity index (χ0v) is 40.5. The van der Waals surface area contributed by atoms with Gasteiger partial charge in [0, 0.05) is 54.9 Å². The Labute approximate surface area is 435 Å². The van der Waals surface area contributed by atoms with Gasteiger partial charge in [-0.2, -0.15) is 0 Å². The molecule has 0 saturated carbocycles. The molecular formula is C70H40O6. The van der Waals surface area contributed by atoms with Gasteiger partial charge in [-0.3, -0.25) is 0 Å². The van der Waals surface area contributed by atoms with E-state index in [9.17, 15) is 0 Å². The molecule has 3 aliphatic rings. The predicted molar refractivity (Wildman–Crippen MR) is 298 cm³/mol. The third-order valence-corrected chi connectivity index (χ3v) is 16.3. The molecule has 6 nitrogen and oxygen atoms in total. The average Bonchev–Trinajstić information content (AvgIpc) is 4.47. The van der Waals surface area contributed by atoms with E-state index in [1.54, 1.807) is 0 Å². The van der Waals surface area contributed by atoms with E-state index in [0.717, 1.165) is 145 Å². The Morgan fingerprint density at radius 1 is 0.250 bits per heavy atom. The van der Waals surface area contributed by atoms with Gasteiger partial charge in [0.15, 0.2) is 0 Å². The molecule has 356 valence electrons. The smallest absolute Gasteiger partial charge is 0.146 e. The van der Waals surface area contributed by atoms with Crippen molar-refractivity contribution in [3.8, 4) is 67.9 Å². The summed E-state index contributed by atoms with van der Waals surface area (Å²) in [6.07, 6.45) is 0. The molecule has 4 aromatic heterocycles. The van der Waals surface area contributed by atoms with Crippen molar-refractivity contribution >= 4 is 43.9 Å². The van der Waals surface area contributed by atoms with E-state index >= 15 is 0 Å². The molecule has 2 spiro atoms. The van der Waals surface area contributed by atoms with E-state index in [4.69, 9.17) is 27.1 Å². The topological polar surface area (TPSA) is 71.0 Å². The van der Waals surface area contributed by atoms with Gasteiger partial charge in [0.2, 0.25) is 0 Å². The number of rotatable bonds is 4. The lowest BCUT2D eigenvalue weighted by atomic mass is 9.53. The minimum Gasteiger partial charge on any atom is -0.459 e. The molecule has 0 N–H and O–H groups in total. The number of benzene rings is 10. The molecular weight excluding hydrogens is 937 g/mol. The monoisotopic (exact) mass is 976 g/mol. The molecule has 14 aromatic rings. The third-order valence-electron chi connectivity index (χ3n) is 16.3. The minimum absolute atomic E-state index is 0.651. The molecule has 6 heteroatoms. The number of fused-ring (bicyclic) bond motifs is 20. The second-order valence-corrected chi connectivity index (χ2v) is 20.1. The highest BCUT2D eigenvalue weighted by molar-refractivity contribution is 6.12.